The highest BCUT2D eigenvalue weighted by molar-refractivity contribution is 5.95. The first-order valence-electron chi connectivity index (χ1n) is 14.5. The number of carbonyl (C=O) groups is 2. The van der Waals surface area contributed by atoms with E-state index in [-0.39, 0.29) is 29.5 Å². The summed E-state index contributed by atoms with van der Waals surface area (Å²) < 4.78 is 5.20. The molecule has 0 heterocycles. The molecule has 0 bridgehead atoms. The Morgan fingerprint density at radius 2 is 1.85 bits per heavy atom. The van der Waals surface area contributed by atoms with Crippen molar-refractivity contribution in [2.75, 3.05) is 6.61 Å². The van der Waals surface area contributed by atoms with Gasteiger partial charge in [-0.3, -0.25) is 9.59 Å². The monoisotopic (exact) mass is 470 g/mol. The van der Waals surface area contributed by atoms with Crippen LogP contribution >= 0.6 is 0 Å². The Morgan fingerprint density at radius 3 is 2.56 bits per heavy atom. The molecule has 3 saturated carbocycles. The molecular weight excluding hydrogens is 420 g/mol. The molecule has 34 heavy (non-hydrogen) atoms. The van der Waals surface area contributed by atoms with Gasteiger partial charge in [0.2, 0.25) is 0 Å². The standard InChI is InChI=1S/C31H50O3/c1-7-34-29(33)17-22-19-31(6)23(18-28(22)32)11-12-24-26-14-13-25(21(4)10-8-9-20(2)3)30(26,5)16-15-27(24)31/h18,20-22,24-27H,7-17,19H2,1-6H3/t21-,22-,24+,25-,26+,27+,30-,31+/m1/s1. The van der Waals surface area contributed by atoms with E-state index in [2.05, 4.69) is 34.6 Å². The first-order valence-corrected chi connectivity index (χ1v) is 14.5. The van der Waals surface area contributed by atoms with E-state index >= 15 is 0 Å². The number of ether oxygens (including phenoxy) is 1. The number of esters is 1. The third kappa shape index (κ3) is 4.66. The van der Waals surface area contributed by atoms with Gasteiger partial charge in [0.15, 0.2) is 5.78 Å². The van der Waals surface area contributed by atoms with Crippen LogP contribution in [0.4, 0.5) is 0 Å². The third-order valence-electron chi connectivity index (χ3n) is 11.0. The van der Waals surface area contributed by atoms with Crippen molar-refractivity contribution in [1.82, 2.24) is 0 Å². The molecule has 0 aromatic carbocycles. The Bertz CT molecular complexity index is 796. The van der Waals surface area contributed by atoms with Gasteiger partial charge < -0.3 is 4.74 Å². The van der Waals surface area contributed by atoms with Crippen molar-refractivity contribution in [3.05, 3.63) is 11.6 Å². The topological polar surface area (TPSA) is 43.4 Å². The Labute approximate surface area is 208 Å². The molecule has 0 aromatic heterocycles. The van der Waals surface area contributed by atoms with Crippen LogP contribution in [0.5, 0.6) is 0 Å². The summed E-state index contributed by atoms with van der Waals surface area (Å²) >= 11 is 0. The minimum absolute atomic E-state index is 0.0796. The van der Waals surface area contributed by atoms with E-state index < -0.39 is 0 Å². The van der Waals surface area contributed by atoms with E-state index in [1.54, 1.807) is 0 Å². The van der Waals surface area contributed by atoms with Crippen molar-refractivity contribution in [2.45, 2.75) is 112 Å². The van der Waals surface area contributed by atoms with Gasteiger partial charge in [-0.1, -0.05) is 59.5 Å². The minimum atomic E-state index is -0.213. The first kappa shape index (κ1) is 26.0. The lowest BCUT2D eigenvalue weighted by molar-refractivity contribution is -0.146. The van der Waals surface area contributed by atoms with Crippen LogP contribution < -0.4 is 0 Å². The maximum Gasteiger partial charge on any atom is 0.306 e. The van der Waals surface area contributed by atoms with E-state index in [4.69, 9.17) is 4.74 Å². The summed E-state index contributed by atoms with van der Waals surface area (Å²) in [4.78, 5) is 25.1. The molecule has 4 aliphatic carbocycles. The number of ketones is 1. The molecule has 0 aromatic rings. The summed E-state index contributed by atoms with van der Waals surface area (Å²) in [5.74, 6) is 4.56. The molecule has 192 valence electrons. The zero-order chi connectivity index (χ0) is 24.7. The van der Waals surface area contributed by atoms with Crippen LogP contribution in [0.2, 0.25) is 0 Å². The highest BCUT2D eigenvalue weighted by atomic mass is 16.5. The fraction of sp³-hybridized carbons (Fsp3) is 0.871. The van der Waals surface area contributed by atoms with Crippen LogP contribution in [0.25, 0.3) is 0 Å². The molecule has 0 aliphatic heterocycles. The Balaban J connectivity index is 1.49. The van der Waals surface area contributed by atoms with Crippen LogP contribution in [-0.4, -0.2) is 18.4 Å². The van der Waals surface area contributed by atoms with Crippen molar-refractivity contribution in [3.63, 3.8) is 0 Å². The second-order valence-corrected chi connectivity index (χ2v) is 13.3. The van der Waals surface area contributed by atoms with Gasteiger partial charge >= 0.3 is 5.97 Å². The fourth-order valence-electron chi connectivity index (χ4n) is 9.37. The molecule has 0 unspecified atom stereocenters. The molecule has 0 spiro atoms. The highest BCUT2D eigenvalue weighted by Gasteiger charge is 2.60. The van der Waals surface area contributed by atoms with Gasteiger partial charge in [0.1, 0.15) is 0 Å². The van der Waals surface area contributed by atoms with Gasteiger partial charge in [-0.15, -0.1) is 0 Å². The molecular formula is C31H50O3. The lowest BCUT2D eigenvalue weighted by Crippen LogP contribution is -2.52. The van der Waals surface area contributed by atoms with Crippen LogP contribution in [-0.2, 0) is 14.3 Å². The number of allylic oxidation sites excluding steroid dienone is 1. The minimum Gasteiger partial charge on any atom is -0.466 e. The van der Waals surface area contributed by atoms with Gasteiger partial charge in [-0.25, -0.2) is 0 Å². The molecule has 3 nitrogen and oxygen atoms in total. The second-order valence-electron chi connectivity index (χ2n) is 13.3. The maximum atomic E-state index is 12.9. The highest BCUT2D eigenvalue weighted by Crippen LogP contribution is 2.68. The zero-order valence-electron chi connectivity index (χ0n) is 22.8. The SMILES string of the molecule is CCOC(=O)C[C@@H]1C[C@@]2(C)C(=CC1=O)CC[C@H]1[C@@H]3CC[C@H]([C@H](C)CCCC(C)C)[C@@]3(C)CC[C@@H]12. The summed E-state index contributed by atoms with van der Waals surface area (Å²) in [6, 6.07) is 0. The molecule has 3 fully saturated rings. The van der Waals surface area contributed by atoms with Crippen molar-refractivity contribution >= 4 is 11.8 Å². The maximum absolute atomic E-state index is 12.9. The number of carbonyl (C=O) groups excluding carboxylic acids is 2. The lowest BCUT2D eigenvalue weighted by Gasteiger charge is -2.59. The zero-order valence-corrected chi connectivity index (χ0v) is 22.8. The summed E-state index contributed by atoms with van der Waals surface area (Å²) in [5, 5.41) is 0. The van der Waals surface area contributed by atoms with Crippen LogP contribution in [0.1, 0.15) is 112 Å². The summed E-state index contributed by atoms with van der Waals surface area (Å²) in [7, 11) is 0. The molecule has 8 atom stereocenters. The molecule has 0 N–H and O–H groups in total. The van der Waals surface area contributed by atoms with Crippen molar-refractivity contribution in [3.8, 4) is 0 Å². The summed E-state index contributed by atoms with van der Waals surface area (Å²) in [6.07, 6.45) is 15.0. The van der Waals surface area contributed by atoms with Gasteiger partial charge in [-0.05, 0) is 104 Å². The van der Waals surface area contributed by atoms with Gasteiger partial charge in [-0.2, -0.15) is 0 Å². The van der Waals surface area contributed by atoms with E-state index in [9.17, 15) is 9.59 Å². The number of fused-ring (bicyclic) bond motifs is 5. The second kappa shape index (κ2) is 10.1. The van der Waals surface area contributed by atoms with E-state index in [0.717, 1.165) is 42.4 Å². The lowest BCUT2D eigenvalue weighted by atomic mass is 9.45. The fourth-order valence-corrected chi connectivity index (χ4v) is 9.37. The molecule has 0 amide bonds. The average molecular weight is 471 g/mol. The smallest absolute Gasteiger partial charge is 0.306 e. The summed E-state index contributed by atoms with van der Waals surface area (Å²) in [5.41, 5.74) is 1.96. The number of hydrogen-bond donors (Lipinski definition) is 0. The first-order chi connectivity index (χ1) is 16.1. The molecule has 4 aliphatic rings. The predicted molar refractivity (Wildman–Crippen MR) is 138 cm³/mol. The largest absolute Gasteiger partial charge is 0.466 e. The van der Waals surface area contributed by atoms with E-state index in [0.29, 0.717) is 17.9 Å². The molecule has 0 saturated heterocycles. The number of rotatable bonds is 8. The van der Waals surface area contributed by atoms with Gasteiger partial charge in [0, 0.05) is 5.92 Å². The van der Waals surface area contributed by atoms with Crippen LogP contribution in [0.3, 0.4) is 0 Å². The summed E-state index contributed by atoms with van der Waals surface area (Å²) in [6.45, 7) is 14.5. The van der Waals surface area contributed by atoms with Crippen molar-refractivity contribution < 1.29 is 14.3 Å². The van der Waals surface area contributed by atoms with Crippen LogP contribution in [0, 0.1) is 52.3 Å². The Kier molecular flexibility index (Phi) is 7.71. The van der Waals surface area contributed by atoms with Gasteiger partial charge in [0.05, 0.1) is 13.0 Å². The normalized spacial score (nSPS) is 40.3. The Morgan fingerprint density at radius 1 is 1.09 bits per heavy atom. The molecule has 0 radical (unpaired) electrons. The van der Waals surface area contributed by atoms with E-state index in [1.807, 2.05) is 13.0 Å². The van der Waals surface area contributed by atoms with Crippen molar-refractivity contribution in [2.24, 2.45) is 52.3 Å². The molecule has 4 rings (SSSR count). The van der Waals surface area contributed by atoms with E-state index in [1.165, 1.54) is 56.9 Å². The number of hydrogen-bond acceptors (Lipinski definition) is 3. The third-order valence-corrected chi connectivity index (χ3v) is 11.0. The Hall–Kier alpha value is -1.12. The van der Waals surface area contributed by atoms with Crippen molar-refractivity contribution in [1.29, 1.82) is 0 Å². The molecule has 3 heteroatoms. The van der Waals surface area contributed by atoms with Gasteiger partial charge in [0.25, 0.3) is 0 Å². The van der Waals surface area contributed by atoms with Crippen LogP contribution in [0.15, 0.2) is 11.6 Å². The quantitative estimate of drug-likeness (QED) is 0.340. The average Bonchev–Trinajstić information content (AvgIpc) is 3.12. The predicted octanol–water partition coefficient (Wildman–Crippen LogP) is 7.78.